The molecule has 0 saturated carbocycles. The number of fused-ring (bicyclic) bond motifs is 1. The summed E-state index contributed by atoms with van der Waals surface area (Å²) in [6, 6.07) is 16.6. The Kier molecular flexibility index (Phi) is 3.76. The summed E-state index contributed by atoms with van der Waals surface area (Å²) in [5.74, 6) is 0. The lowest BCUT2D eigenvalue weighted by molar-refractivity contribution is 0.731. The minimum absolute atomic E-state index is 0.187. The average Bonchev–Trinajstić information content (AvgIpc) is 2.85. The maximum Gasteiger partial charge on any atom is 0.0915 e. The summed E-state index contributed by atoms with van der Waals surface area (Å²) in [4.78, 5) is 0. The van der Waals surface area contributed by atoms with Crippen molar-refractivity contribution in [3.63, 3.8) is 0 Å². The molecular formula is C18H21N3. The Morgan fingerprint density at radius 1 is 1.14 bits per heavy atom. The summed E-state index contributed by atoms with van der Waals surface area (Å²) in [5, 5.41) is 5.77. The zero-order valence-electron chi connectivity index (χ0n) is 12.6. The van der Waals surface area contributed by atoms with Gasteiger partial charge in [-0.1, -0.05) is 55.8 Å². The van der Waals surface area contributed by atoms with Gasteiger partial charge >= 0.3 is 0 Å². The first-order valence-corrected chi connectivity index (χ1v) is 7.46. The molecule has 1 atom stereocenters. The van der Waals surface area contributed by atoms with E-state index in [0.717, 1.165) is 35.0 Å². The summed E-state index contributed by atoms with van der Waals surface area (Å²) in [6.45, 7) is 2.19. The molecule has 0 amide bonds. The van der Waals surface area contributed by atoms with Crippen LogP contribution in [0.2, 0.25) is 0 Å². The summed E-state index contributed by atoms with van der Waals surface area (Å²) in [6.07, 6.45) is 2.23. The van der Waals surface area contributed by atoms with Crippen LogP contribution in [0, 0.1) is 0 Å². The number of aryl methyl sites for hydroxylation is 2. The molecule has 0 fully saturated rings. The number of nitrogens with zero attached hydrogens (tertiary/aromatic N) is 2. The van der Waals surface area contributed by atoms with Crippen molar-refractivity contribution in [1.82, 2.24) is 9.78 Å². The van der Waals surface area contributed by atoms with Gasteiger partial charge in [0.15, 0.2) is 0 Å². The van der Waals surface area contributed by atoms with E-state index >= 15 is 0 Å². The third kappa shape index (κ3) is 2.57. The lowest BCUT2D eigenvalue weighted by Gasteiger charge is -2.11. The highest BCUT2D eigenvalue weighted by molar-refractivity contribution is 5.82. The summed E-state index contributed by atoms with van der Waals surface area (Å²) >= 11 is 0. The minimum atomic E-state index is -0.187. The molecule has 2 aromatic carbocycles. The first-order chi connectivity index (χ1) is 10.2. The Labute approximate surface area is 125 Å². The van der Waals surface area contributed by atoms with Gasteiger partial charge in [0.25, 0.3) is 0 Å². The maximum atomic E-state index is 6.48. The first-order valence-electron chi connectivity index (χ1n) is 7.46. The second-order valence-electron chi connectivity index (χ2n) is 5.50. The fraction of sp³-hybridized carbons (Fsp3) is 0.278. The summed E-state index contributed by atoms with van der Waals surface area (Å²) < 4.78 is 1.90. The molecule has 0 spiro atoms. The summed E-state index contributed by atoms with van der Waals surface area (Å²) in [7, 11) is 1.96. The molecule has 108 valence electrons. The van der Waals surface area contributed by atoms with Crippen molar-refractivity contribution in [3.8, 4) is 0 Å². The van der Waals surface area contributed by atoms with Gasteiger partial charge in [-0.15, -0.1) is 0 Å². The van der Waals surface area contributed by atoms with Crippen LogP contribution in [0.4, 0.5) is 0 Å². The largest absolute Gasteiger partial charge is 0.319 e. The van der Waals surface area contributed by atoms with E-state index < -0.39 is 0 Å². The van der Waals surface area contributed by atoms with E-state index in [1.165, 1.54) is 5.56 Å². The van der Waals surface area contributed by atoms with E-state index in [9.17, 15) is 0 Å². The molecule has 21 heavy (non-hydrogen) atoms. The predicted octanol–water partition coefficient (Wildman–Crippen LogP) is 3.57. The van der Waals surface area contributed by atoms with Crippen LogP contribution in [0.25, 0.3) is 10.9 Å². The second-order valence-corrected chi connectivity index (χ2v) is 5.50. The molecule has 1 unspecified atom stereocenters. The molecule has 0 radical (unpaired) electrons. The normalized spacial score (nSPS) is 12.7. The van der Waals surface area contributed by atoms with E-state index in [0.29, 0.717) is 0 Å². The van der Waals surface area contributed by atoms with Crippen molar-refractivity contribution in [2.75, 3.05) is 0 Å². The molecule has 2 N–H and O–H groups in total. The monoisotopic (exact) mass is 279 g/mol. The van der Waals surface area contributed by atoms with Gasteiger partial charge in [0.1, 0.15) is 0 Å². The fourth-order valence-corrected chi connectivity index (χ4v) is 2.86. The van der Waals surface area contributed by atoms with Gasteiger partial charge in [-0.25, -0.2) is 0 Å². The van der Waals surface area contributed by atoms with E-state index in [2.05, 4.69) is 48.4 Å². The van der Waals surface area contributed by atoms with Crippen LogP contribution in [0.3, 0.4) is 0 Å². The fourth-order valence-electron chi connectivity index (χ4n) is 2.86. The first kappa shape index (κ1) is 13.8. The van der Waals surface area contributed by atoms with Gasteiger partial charge < -0.3 is 5.73 Å². The van der Waals surface area contributed by atoms with Gasteiger partial charge in [0.05, 0.1) is 17.3 Å². The second kappa shape index (κ2) is 5.70. The SMILES string of the molecule is CCCc1cccc(C(N)c2nn(C)c3ccccc23)c1. The number of hydrogen-bond acceptors (Lipinski definition) is 2. The van der Waals surface area contributed by atoms with Crippen molar-refractivity contribution >= 4 is 10.9 Å². The van der Waals surface area contributed by atoms with Crippen LogP contribution in [0.1, 0.15) is 36.2 Å². The van der Waals surface area contributed by atoms with Crippen molar-refractivity contribution in [2.24, 2.45) is 12.8 Å². The van der Waals surface area contributed by atoms with Crippen molar-refractivity contribution in [3.05, 3.63) is 65.4 Å². The molecule has 0 aliphatic carbocycles. The lowest BCUT2D eigenvalue weighted by Crippen LogP contribution is -2.13. The van der Waals surface area contributed by atoms with Gasteiger partial charge in [0.2, 0.25) is 0 Å². The van der Waals surface area contributed by atoms with Gasteiger partial charge in [-0.2, -0.15) is 5.10 Å². The zero-order valence-corrected chi connectivity index (χ0v) is 12.6. The van der Waals surface area contributed by atoms with Gasteiger partial charge in [-0.05, 0) is 23.6 Å². The highest BCUT2D eigenvalue weighted by Gasteiger charge is 2.17. The van der Waals surface area contributed by atoms with Crippen LogP contribution in [-0.4, -0.2) is 9.78 Å². The Morgan fingerprint density at radius 3 is 2.76 bits per heavy atom. The standard InChI is InChI=1S/C18H21N3/c1-3-7-13-8-6-9-14(12-13)17(19)18-15-10-4-5-11-16(15)21(2)20-18/h4-6,8-12,17H,3,7,19H2,1-2H3. The van der Waals surface area contributed by atoms with E-state index in [4.69, 9.17) is 5.73 Å². The van der Waals surface area contributed by atoms with Crippen molar-refractivity contribution in [1.29, 1.82) is 0 Å². The lowest BCUT2D eigenvalue weighted by atomic mass is 9.98. The molecular weight excluding hydrogens is 258 g/mol. The quantitative estimate of drug-likeness (QED) is 0.793. The number of rotatable bonds is 4. The predicted molar refractivity (Wildman–Crippen MR) is 87.2 cm³/mol. The third-order valence-electron chi connectivity index (χ3n) is 3.93. The molecule has 0 saturated heterocycles. The molecule has 0 aliphatic rings. The minimum Gasteiger partial charge on any atom is -0.319 e. The average molecular weight is 279 g/mol. The Morgan fingerprint density at radius 2 is 1.95 bits per heavy atom. The zero-order chi connectivity index (χ0) is 14.8. The summed E-state index contributed by atoms with van der Waals surface area (Å²) in [5.41, 5.74) is 11.0. The van der Waals surface area contributed by atoms with Crippen LogP contribution in [-0.2, 0) is 13.5 Å². The Hall–Kier alpha value is -2.13. The molecule has 1 heterocycles. The van der Waals surface area contributed by atoms with Crippen molar-refractivity contribution in [2.45, 2.75) is 25.8 Å². The highest BCUT2D eigenvalue weighted by atomic mass is 15.3. The van der Waals surface area contributed by atoms with Crippen LogP contribution in [0.5, 0.6) is 0 Å². The third-order valence-corrected chi connectivity index (χ3v) is 3.93. The molecule has 3 rings (SSSR count). The van der Waals surface area contributed by atoms with E-state index in [1.807, 2.05) is 23.9 Å². The number of aromatic nitrogens is 2. The Bertz CT molecular complexity index is 758. The molecule has 3 heteroatoms. The number of hydrogen-bond donors (Lipinski definition) is 1. The van der Waals surface area contributed by atoms with Crippen LogP contribution < -0.4 is 5.73 Å². The van der Waals surface area contributed by atoms with E-state index in [1.54, 1.807) is 0 Å². The number of para-hydroxylation sites is 1. The number of benzene rings is 2. The van der Waals surface area contributed by atoms with Gasteiger partial charge in [-0.3, -0.25) is 4.68 Å². The molecule has 3 aromatic rings. The van der Waals surface area contributed by atoms with E-state index in [-0.39, 0.29) is 6.04 Å². The molecule has 3 nitrogen and oxygen atoms in total. The smallest absolute Gasteiger partial charge is 0.0915 e. The van der Waals surface area contributed by atoms with Crippen molar-refractivity contribution < 1.29 is 0 Å². The van der Waals surface area contributed by atoms with Crippen LogP contribution >= 0.6 is 0 Å². The van der Waals surface area contributed by atoms with Gasteiger partial charge in [0, 0.05) is 12.4 Å². The Balaban J connectivity index is 2.04. The molecule has 0 aliphatic heterocycles. The molecule has 1 aromatic heterocycles. The van der Waals surface area contributed by atoms with Crippen LogP contribution in [0.15, 0.2) is 48.5 Å². The molecule has 0 bridgehead atoms. The highest BCUT2D eigenvalue weighted by Crippen LogP contribution is 2.26. The maximum absolute atomic E-state index is 6.48. The number of nitrogens with two attached hydrogens (primary N) is 1. The topological polar surface area (TPSA) is 43.8 Å².